The van der Waals surface area contributed by atoms with Crippen LogP contribution in [0.3, 0.4) is 0 Å². The molecule has 0 aliphatic carbocycles. The van der Waals surface area contributed by atoms with E-state index in [2.05, 4.69) is 10.1 Å². The van der Waals surface area contributed by atoms with Crippen molar-refractivity contribution in [2.75, 3.05) is 13.7 Å². The van der Waals surface area contributed by atoms with E-state index in [1.807, 2.05) is 0 Å². The lowest BCUT2D eigenvalue weighted by Crippen LogP contribution is -2.49. The van der Waals surface area contributed by atoms with Crippen molar-refractivity contribution in [2.45, 2.75) is 36.2 Å². The fourth-order valence-electron chi connectivity index (χ4n) is 3.32. The first-order valence-corrected chi connectivity index (χ1v) is 11.2. The summed E-state index contributed by atoms with van der Waals surface area (Å²) in [5.74, 6) is -7.53. The van der Waals surface area contributed by atoms with Gasteiger partial charge in [-0.2, -0.15) is 8.70 Å². The number of sulfonamides is 1. The number of hydrogen-bond donors (Lipinski definition) is 1. The Morgan fingerprint density at radius 1 is 1.16 bits per heavy atom. The highest BCUT2D eigenvalue weighted by Crippen LogP contribution is 2.33. The molecule has 174 valence electrons. The Hall–Kier alpha value is -2.37. The summed E-state index contributed by atoms with van der Waals surface area (Å²) in [7, 11) is -3.48. The van der Waals surface area contributed by atoms with Crippen molar-refractivity contribution in [3.05, 3.63) is 58.6 Å². The van der Waals surface area contributed by atoms with Crippen LogP contribution >= 0.6 is 11.6 Å². The lowest BCUT2D eigenvalue weighted by Gasteiger charge is -2.30. The van der Waals surface area contributed by atoms with Crippen molar-refractivity contribution in [1.29, 1.82) is 0 Å². The second-order valence-corrected chi connectivity index (χ2v) is 9.50. The highest BCUT2D eigenvalue weighted by molar-refractivity contribution is 7.89. The number of halogens is 5. The summed E-state index contributed by atoms with van der Waals surface area (Å²) in [5.41, 5.74) is -0.457. The van der Waals surface area contributed by atoms with Gasteiger partial charge in [0.05, 0.1) is 12.0 Å². The van der Waals surface area contributed by atoms with Crippen LogP contribution in [0.5, 0.6) is 5.75 Å². The van der Waals surface area contributed by atoms with Crippen molar-refractivity contribution in [3.8, 4) is 5.75 Å². The number of benzene rings is 2. The van der Waals surface area contributed by atoms with E-state index in [9.17, 15) is 30.8 Å². The molecule has 6 nitrogen and oxygen atoms in total. The van der Waals surface area contributed by atoms with E-state index in [0.717, 1.165) is 31.4 Å². The molecule has 3 rings (SSSR count). The summed E-state index contributed by atoms with van der Waals surface area (Å²) in [5, 5.41) is 2.48. The number of rotatable bonds is 6. The SMILES string of the molecule is COc1ccc(CN([C@@H]2CC(F)(F)CCNC2=O)S(=O)(=O)c2ccc(Cl)cc2)c(F)c1F. The Kier molecular flexibility index (Phi) is 7.01. The molecule has 0 unspecified atom stereocenters. The lowest BCUT2D eigenvalue weighted by atomic mass is 10.1. The van der Waals surface area contributed by atoms with Gasteiger partial charge in [0, 0.05) is 36.5 Å². The average molecular weight is 495 g/mol. The number of nitrogens with one attached hydrogen (secondary N) is 1. The summed E-state index contributed by atoms with van der Waals surface area (Å²) >= 11 is 5.79. The predicted molar refractivity (Wildman–Crippen MR) is 108 cm³/mol. The van der Waals surface area contributed by atoms with E-state index in [-0.39, 0.29) is 16.5 Å². The van der Waals surface area contributed by atoms with E-state index >= 15 is 0 Å². The van der Waals surface area contributed by atoms with Gasteiger partial charge in [-0.1, -0.05) is 17.7 Å². The molecule has 0 radical (unpaired) electrons. The smallest absolute Gasteiger partial charge is 0.251 e. The average Bonchev–Trinajstić information content (AvgIpc) is 2.86. The Balaban J connectivity index is 2.12. The zero-order chi connectivity index (χ0) is 23.7. The number of ether oxygens (including phenoxy) is 1. The molecule has 12 heteroatoms. The summed E-state index contributed by atoms with van der Waals surface area (Å²) in [6.45, 7) is -1.23. The zero-order valence-electron chi connectivity index (χ0n) is 16.7. The Labute approximate surface area is 187 Å². The van der Waals surface area contributed by atoms with E-state index in [4.69, 9.17) is 11.6 Å². The quantitative estimate of drug-likeness (QED) is 0.621. The number of alkyl halides is 2. The van der Waals surface area contributed by atoms with Gasteiger partial charge in [0.1, 0.15) is 6.04 Å². The van der Waals surface area contributed by atoms with Crippen LogP contribution in [0, 0.1) is 11.6 Å². The molecular weight excluding hydrogens is 476 g/mol. The third-order valence-corrected chi connectivity index (χ3v) is 7.15. The van der Waals surface area contributed by atoms with Gasteiger partial charge >= 0.3 is 0 Å². The molecule has 1 heterocycles. The fraction of sp³-hybridized carbons (Fsp3) is 0.350. The number of nitrogens with zero attached hydrogens (tertiary/aromatic N) is 1. The summed E-state index contributed by atoms with van der Waals surface area (Å²) < 4.78 is 89.2. The molecule has 1 saturated heterocycles. The topological polar surface area (TPSA) is 75.7 Å². The summed E-state index contributed by atoms with van der Waals surface area (Å²) in [4.78, 5) is 12.2. The van der Waals surface area contributed by atoms with Crippen LogP contribution in [0.1, 0.15) is 18.4 Å². The third-order valence-electron chi connectivity index (χ3n) is 5.03. The van der Waals surface area contributed by atoms with Crippen LogP contribution in [0.4, 0.5) is 17.6 Å². The molecule has 0 spiro atoms. The van der Waals surface area contributed by atoms with Crippen molar-refractivity contribution in [2.24, 2.45) is 0 Å². The maximum Gasteiger partial charge on any atom is 0.251 e. The van der Waals surface area contributed by atoms with E-state index in [0.29, 0.717) is 4.31 Å². The Morgan fingerprint density at radius 2 is 1.81 bits per heavy atom. The molecular formula is C20H19ClF4N2O4S. The van der Waals surface area contributed by atoms with Gasteiger partial charge in [0.2, 0.25) is 21.7 Å². The molecule has 1 fully saturated rings. The lowest BCUT2D eigenvalue weighted by molar-refractivity contribution is -0.126. The Morgan fingerprint density at radius 3 is 2.44 bits per heavy atom. The first-order valence-electron chi connectivity index (χ1n) is 9.40. The molecule has 0 saturated carbocycles. The van der Waals surface area contributed by atoms with Gasteiger partial charge in [0.15, 0.2) is 11.6 Å². The first kappa shape index (κ1) is 24.3. The van der Waals surface area contributed by atoms with Crippen LogP contribution < -0.4 is 10.1 Å². The molecule has 2 aromatic carbocycles. The van der Waals surface area contributed by atoms with Gasteiger partial charge in [-0.25, -0.2) is 21.6 Å². The maximum atomic E-state index is 14.6. The Bertz CT molecular complexity index is 1110. The minimum Gasteiger partial charge on any atom is -0.494 e. The number of hydrogen-bond acceptors (Lipinski definition) is 4. The second-order valence-electron chi connectivity index (χ2n) is 7.18. The van der Waals surface area contributed by atoms with Crippen LogP contribution in [0.25, 0.3) is 0 Å². The number of amides is 1. The van der Waals surface area contributed by atoms with Crippen molar-refractivity contribution >= 4 is 27.5 Å². The molecule has 1 amide bonds. The molecule has 1 aliphatic heterocycles. The minimum absolute atomic E-state index is 0.220. The largest absolute Gasteiger partial charge is 0.494 e. The standard InChI is InChI=1S/C20H19ClF4N2O4S/c1-31-16-7-2-12(17(22)18(16)23)11-27(15-10-20(24,25)8-9-26-19(15)28)32(29,30)14-5-3-13(21)4-6-14/h2-7,15H,8-11H2,1H3,(H,26,28)/t15-/m1/s1. The number of methoxy groups -OCH3 is 1. The molecule has 2 aromatic rings. The second kappa shape index (κ2) is 9.24. The van der Waals surface area contributed by atoms with E-state index in [1.165, 1.54) is 12.1 Å². The fourth-order valence-corrected chi connectivity index (χ4v) is 5.01. The van der Waals surface area contributed by atoms with Gasteiger partial charge in [-0.15, -0.1) is 0 Å². The summed E-state index contributed by atoms with van der Waals surface area (Å²) in [6.07, 6.45) is -1.80. The number of carbonyl (C=O) groups excluding carboxylic acids is 1. The molecule has 0 bridgehead atoms. The van der Waals surface area contributed by atoms with Crippen molar-refractivity contribution in [3.63, 3.8) is 0 Å². The van der Waals surface area contributed by atoms with E-state index < -0.39 is 70.2 Å². The minimum atomic E-state index is -4.60. The van der Waals surface area contributed by atoms with Gasteiger partial charge < -0.3 is 10.1 Å². The van der Waals surface area contributed by atoms with Gasteiger partial charge in [-0.3, -0.25) is 4.79 Å². The molecule has 1 aliphatic rings. The molecule has 1 atom stereocenters. The molecule has 1 N–H and O–H groups in total. The maximum absolute atomic E-state index is 14.6. The van der Waals surface area contributed by atoms with Crippen LogP contribution in [-0.2, 0) is 21.4 Å². The predicted octanol–water partition coefficient (Wildman–Crippen LogP) is 3.73. The third kappa shape index (κ3) is 5.00. The van der Waals surface area contributed by atoms with Gasteiger partial charge in [0.25, 0.3) is 5.92 Å². The van der Waals surface area contributed by atoms with Crippen LogP contribution in [0.2, 0.25) is 5.02 Å². The highest BCUT2D eigenvalue weighted by atomic mass is 35.5. The first-order chi connectivity index (χ1) is 15.0. The van der Waals surface area contributed by atoms with E-state index in [1.54, 1.807) is 0 Å². The van der Waals surface area contributed by atoms with Crippen molar-refractivity contribution in [1.82, 2.24) is 9.62 Å². The molecule has 32 heavy (non-hydrogen) atoms. The normalized spacial score (nSPS) is 18.8. The van der Waals surface area contributed by atoms with Crippen molar-refractivity contribution < 1.29 is 35.5 Å². The van der Waals surface area contributed by atoms with Crippen LogP contribution in [0.15, 0.2) is 41.3 Å². The molecule has 0 aromatic heterocycles. The van der Waals surface area contributed by atoms with Gasteiger partial charge in [-0.05, 0) is 30.3 Å². The number of carbonyl (C=O) groups is 1. The monoisotopic (exact) mass is 494 g/mol. The summed E-state index contributed by atoms with van der Waals surface area (Å²) in [6, 6.07) is 5.06. The van der Waals surface area contributed by atoms with Crippen LogP contribution in [-0.4, -0.2) is 44.2 Å². The zero-order valence-corrected chi connectivity index (χ0v) is 18.3. The highest BCUT2D eigenvalue weighted by Gasteiger charge is 2.45.